The summed E-state index contributed by atoms with van der Waals surface area (Å²) in [6.45, 7) is 4.27. The minimum atomic E-state index is -0.0258. The van der Waals surface area contributed by atoms with Crippen LogP contribution >= 0.6 is 0 Å². The molecular formula is C23H26N5O+. The minimum Gasteiger partial charge on any atom is -0.344 e. The number of benzene rings is 2. The number of hydrogen-bond acceptors (Lipinski definition) is 4. The van der Waals surface area contributed by atoms with E-state index in [1.165, 1.54) is 0 Å². The maximum absolute atomic E-state index is 12.2. The van der Waals surface area contributed by atoms with Crippen LogP contribution in [0, 0.1) is 0 Å². The predicted octanol–water partition coefficient (Wildman–Crippen LogP) is 1.66. The molecule has 0 unspecified atom stereocenters. The third-order valence-electron chi connectivity index (χ3n) is 5.26. The summed E-state index contributed by atoms with van der Waals surface area (Å²) in [4.78, 5) is 16.0. The van der Waals surface area contributed by atoms with Crippen molar-refractivity contribution in [2.45, 2.75) is 6.42 Å². The zero-order valence-corrected chi connectivity index (χ0v) is 16.6. The number of nitrogens with zero attached hydrogens (tertiary/aromatic N) is 3. The Kier molecular flexibility index (Phi) is 5.81. The van der Waals surface area contributed by atoms with Gasteiger partial charge in [0.1, 0.15) is 0 Å². The molecule has 1 aliphatic heterocycles. The summed E-state index contributed by atoms with van der Waals surface area (Å²) in [7, 11) is 2.22. The Morgan fingerprint density at radius 1 is 0.966 bits per heavy atom. The van der Waals surface area contributed by atoms with Gasteiger partial charge < -0.3 is 15.1 Å². The van der Waals surface area contributed by atoms with Crippen molar-refractivity contribution in [1.82, 2.24) is 10.2 Å². The molecule has 0 saturated carbocycles. The lowest BCUT2D eigenvalue weighted by Crippen LogP contribution is -3.12. The number of piperazine rings is 1. The standard InChI is InChI=1S/C23H25N5O/c1-27-13-15-28(16-14-27)22-12-11-21(25-26-22)19-7-9-20(10-8-19)24-23(29)17-18-5-3-2-4-6-18/h2-12H,13-17H2,1H3,(H,24,29)/p+1. The Labute approximate surface area is 171 Å². The minimum absolute atomic E-state index is 0.0258. The molecule has 0 bridgehead atoms. The van der Waals surface area contributed by atoms with Crippen molar-refractivity contribution in [2.75, 3.05) is 43.4 Å². The molecule has 0 atom stereocenters. The van der Waals surface area contributed by atoms with E-state index < -0.39 is 0 Å². The van der Waals surface area contributed by atoms with Crippen LogP contribution in [0.2, 0.25) is 0 Å². The first-order valence-electron chi connectivity index (χ1n) is 10.0. The Bertz CT molecular complexity index is 933. The van der Waals surface area contributed by atoms with Crippen LogP contribution in [0.25, 0.3) is 11.3 Å². The van der Waals surface area contributed by atoms with Crippen molar-refractivity contribution in [2.24, 2.45) is 0 Å². The van der Waals surface area contributed by atoms with Crippen LogP contribution in [-0.2, 0) is 11.2 Å². The molecule has 0 radical (unpaired) electrons. The van der Waals surface area contributed by atoms with Crippen LogP contribution in [0.3, 0.4) is 0 Å². The van der Waals surface area contributed by atoms with E-state index in [0.29, 0.717) is 6.42 Å². The molecule has 29 heavy (non-hydrogen) atoms. The average Bonchev–Trinajstić information content (AvgIpc) is 2.76. The fourth-order valence-corrected chi connectivity index (χ4v) is 3.48. The van der Waals surface area contributed by atoms with Gasteiger partial charge in [0, 0.05) is 11.3 Å². The second-order valence-corrected chi connectivity index (χ2v) is 7.51. The van der Waals surface area contributed by atoms with Gasteiger partial charge in [0.25, 0.3) is 0 Å². The van der Waals surface area contributed by atoms with Crippen molar-refractivity contribution >= 4 is 17.4 Å². The molecule has 2 heterocycles. The maximum atomic E-state index is 12.2. The third-order valence-corrected chi connectivity index (χ3v) is 5.26. The van der Waals surface area contributed by atoms with Crippen LogP contribution < -0.4 is 15.1 Å². The number of nitrogens with one attached hydrogen (secondary N) is 2. The molecule has 2 N–H and O–H groups in total. The first kappa shape index (κ1) is 19.1. The molecule has 0 aliphatic carbocycles. The lowest BCUT2D eigenvalue weighted by atomic mass is 10.1. The molecule has 1 fully saturated rings. The van der Waals surface area contributed by atoms with Gasteiger partial charge in [-0.3, -0.25) is 4.79 Å². The van der Waals surface area contributed by atoms with Crippen molar-refractivity contribution in [3.63, 3.8) is 0 Å². The number of rotatable bonds is 5. The summed E-state index contributed by atoms with van der Waals surface area (Å²) in [5.74, 6) is 0.910. The largest absolute Gasteiger partial charge is 0.344 e. The molecule has 4 rings (SSSR count). The van der Waals surface area contributed by atoms with E-state index in [4.69, 9.17) is 0 Å². The summed E-state index contributed by atoms with van der Waals surface area (Å²) in [6, 6.07) is 21.5. The van der Waals surface area contributed by atoms with Crippen LogP contribution in [0.1, 0.15) is 5.56 Å². The summed E-state index contributed by atoms with van der Waals surface area (Å²) in [6.07, 6.45) is 0.364. The fourth-order valence-electron chi connectivity index (χ4n) is 3.48. The second kappa shape index (κ2) is 8.84. The Morgan fingerprint density at radius 2 is 1.69 bits per heavy atom. The van der Waals surface area contributed by atoms with Gasteiger partial charge in [-0.15, -0.1) is 10.2 Å². The van der Waals surface area contributed by atoms with Gasteiger partial charge in [-0.2, -0.15) is 0 Å². The molecule has 1 saturated heterocycles. The highest BCUT2D eigenvalue weighted by Gasteiger charge is 2.18. The maximum Gasteiger partial charge on any atom is 0.228 e. The summed E-state index contributed by atoms with van der Waals surface area (Å²) >= 11 is 0. The van der Waals surface area contributed by atoms with Crippen molar-refractivity contribution < 1.29 is 9.69 Å². The lowest BCUT2D eigenvalue weighted by molar-refractivity contribution is -0.880. The van der Waals surface area contributed by atoms with E-state index in [0.717, 1.165) is 54.5 Å². The van der Waals surface area contributed by atoms with Crippen molar-refractivity contribution in [3.05, 3.63) is 72.3 Å². The highest BCUT2D eigenvalue weighted by Crippen LogP contribution is 2.21. The Balaban J connectivity index is 1.37. The topological polar surface area (TPSA) is 62.6 Å². The van der Waals surface area contributed by atoms with E-state index in [9.17, 15) is 4.79 Å². The summed E-state index contributed by atoms with van der Waals surface area (Å²) in [5.41, 5.74) is 3.58. The number of hydrogen-bond donors (Lipinski definition) is 2. The van der Waals surface area contributed by atoms with E-state index in [-0.39, 0.29) is 5.91 Å². The summed E-state index contributed by atoms with van der Waals surface area (Å²) in [5, 5.41) is 11.8. The monoisotopic (exact) mass is 388 g/mol. The Hall–Kier alpha value is -3.25. The number of anilines is 2. The number of carbonyl (C=O) groups excluding carboxylic acids is 1. The SMILES string of the molecule is C[NH+]1CCN(c2ccc(-c3ccc(NC(=O)Cc4ccccc4)cc3)nn2)CC1. The van der Waals surface area contributed by atoms with Gasteiger partial charge in [-0.1, -0.05) is 42.5 Å². The van der Waals surface area contributed by atoms with Crippen LogP contribution in [-0.4, -0.2) is 49.3 Å². The predicted molar refractivity (Wildman–Crippen MR) is 115 cm³/mol. The fraction of sp³-hybridized carbons (Fsp3) is 0.261. The number of aromatic nitrogens is 2. The summed E-state index contributed by atoms with van der Waals surface area (Å²) < 4.78 is 0. The Morgan fingerprint density at radius 3 is 2.34 bits per heavy atom. The lowest BCUT2D eigenvalue weighted by Gasteiger charge is -2.30. The second-order valence-electron chi connectivity index (χ2n) is 7.51. The first-order valence-corrected chi connectivity index (χ1v) is 10.0. The highest BCUT2D eigenvalue weighted by atomic mass is 16.1. The normalized spacial score (nSPS) is 14.6. The average molecular weight is 388 g/mol. The number of carbonyl (C=O) groups is 1. The van der Waals surface area contributed by atoms with Gasteiger partial charge in [-0.25, -0.2) is 0 Å². The molecule has 148 valence electrons. The quantitative estimate of drug-likeness (QED) is 0.698. The van der Waals surface area contributed by atoms with Crippen LogP contribution in [0.4, 0.5) is 11.5 Å². The number of amides is 1. The number of likely N-dealkylation sites (N-methyl/N-ethyl adjacent to an activating group) is 1. The van der Waals surface area contributed by atoms with Crippen LogP contribution in [0.5, 0.6) is 0 Å². The van der Waals surface area contributed by atoms with E-state index in [2.05, 4.69) is 27.5 Å². The smallest absolute Gasteiger partial charge is 0.228 e. The van der Waals surface area contributed by atoms with Crippen molar-refractivity contribution in [3.8, 4) is 11.3 Å². The van der Waals surface area contributed by atoms with Gasteiger partial charge in [0.15, 0.2) is 5.82 Å². The van der Waals surface area contributed by atoms with Gasteiger partial charge in [0.05, 0.1) is 45.3 Å². The van der Waals surface area contributed by atoms with Gasteiger partial charge in [0.2, 0.25) is 5.91 Å². The van der Waals surface area contributed by atoms with E-state index in [1.807, 2.05) is 66.7 Å². The van der Waals surface area contributed by atoms with Crippen molar-refractivity contribution in [1.29, 1.82) is 0 Å². The molecule has 0 spiro atoms. The molecule has 3 aromatic rings. The highest BCUT2D eigenvalue weighted by molar-refractivity contribution is 5.92. The van der Waals surface area contributed by atoms with Gasteiger partial charge in [-0.05, 0) is 29.8 Å². The molecule has 6 nitrogen and oxygen atoms in total. The van der Waals surface area contributed by atoms with E-state index in [1.54, 1.807) is 4.90 Å². The number of quaternary nitrogens is 1. The zero-order chi connectivity index (χ0) is 20.1. The van der Waals surface area contributed by atoms with Gasteiger partial charge >= 0.3 is 0 Å². The first-order chi connectivity index (χ1) is 14.2. The molecule has 6 heteroatoms. The molecule has 1 amide bonds. The zero-order valence-electron chi connectivity index (χ0n) is 16.6. The third kappa shape index (κ3) is 4.97. The molecule has 1 aromatic heterocycles. The molecular weight excluding hydrogens is 362 g/mol. The molecule has 1 aliphatic rings. The van der Waals surface area contributed by atoms with Crippen LogP contribution in [0.15, 0.2) is 66.7 Å². The van der Waals surface area contributed by atoms with E-state index >= 15 is 0 Å². The molecule has 2 aromatic carbocycles.